The second-order valence-electron chi connectivity index (χ2n) is 6.27. The van der Waals surface area contributed by atoms with Crippen LogP contribution < -0.4 is 5.32 Å². The predicted octanol–water partition coefficient (Wildman–Crippen LogP) is 3.41. The Labute approximate surface area is 112 Å². The molecule has 0 heterocycles. The van der Waals surface area contributed by atoms with Crippen LogP contribution in [0.1, 0.15) is 64.2 Å². The van der Waals surface area contributed by atoms with E-state index in [2.05, 4.69) is 17.5 Å². The number of aliphatic hydroxyl groups excluding tert-OH is 1. The lowest BCUT2D eigenvalue weighted by Crippen LogP contribution is -2.42. The summed E-state index contributed by atoms with van der Waals surface area (Å²) in [5.74, 6) is 0. The Kier molecular flexibility index (Phi) is 5.71. The monoisotopic (exact) mass is 251 g/mol. The summed E-state index contributed by atoms with van der Waals surface area (Å²) in [4.78, 5) is 0. The van der Waals surface area contributed by atoms with Crippen LogP contribution in [0.4, 0.5) is 0 Å². The molecule has 2 aliphatic carbocycles. The molecule has 0 bridgehead atoms. The Hall–Kier alpha value is -0.340. The molecule has 0 saturated heterocycles. The highest BCUT2D eigenvalue weighted by molar-refractivity contribution is 4.96. The van der Waals surface area contributed by atoms with Gasteiger partial charge in [-0.25, -0.2) is 0 Å². The third kappa shape index (κ3) is 4.10. The van der Waals surface area contributed by atoms with Gasteiger partial charge in [-0.15, -0.1) is 0 Å². The molecule has 2 N–H and O–H groups in total. The molecule has 0 amide bonds. The minimum absolute atomic E-state index is 0.175. The standard InChI is InChI=1S/C16H29NO/c18-14-16(11-7-4-8-12-16)13-17-15-9-5-2-1-3-6-10-15/h5,9,15,17-18H,1-4,6-8,10-14H2/b9-5+. The van der Waals surface area contributed by atoms with Crippen LogP contribution in [-0.2, 0) is 0 Å². The van der Waals surface area contributed by atoms with Gasteiger partial charge in [0.1, 0.15) is 0 Å². The van der Waals surface area contributed by atoms with Crippen LogP contribution in [0.25, 0.3) is 0 Å². The van der Waals surface area contributed by atoms with E-state index in [1.807, 2.05) is 0 Å². The third-order valence-electron chi connectivity index (χ3n) is 4.74. The van der Waals surface area contributed by atoms with Crippen molar-refractivity contribution in [2.75, 3.05) is 13.2 Å². The molecule has 2 heteroatoms. The van der Waals surface area contributed by atoms with Gasteiger partial charge >= 0.3 is 0 Å². The topological polar surface area (TPSA) is 32.3 Å². The number of rotatable bonds is 4. The molecule has 2 nitrogen and oxygen atoms in total. The van der Waals surface area contributed by atoms with Crippen LogP contribution in [0, 0.1) is 5.41 Å². The molecular formula is C16H29NO. The van der Waals surface area contributed by atoms with Crippen molar-refractivity contribution >= 4 is 0 Å². The molecule has 2 rings (SSSR count). The van der Waals surface area contributed by atoms with Crippen LogP contribution in [-0.4, -0.2) is 24.3 Å². The summed E-state index contributed by atoms with van der Waals surface area (Å²) >= 11 is 0. The molecule has 1 fully saturated rings. The fraction of sp³-hybridized carbons (Fsp3) is 0.875. The molecule has 18 heavy (non-hydrogen) atoms. The first kappa shape index (κ1) is 14.1. The second kappa shape index (κ2) is 7.30. The molecular weight excluding hydrogens is 222 g/mol. The van der Waals surface area contributed by atoms with E-state index in [4.69, 9.17) is 0 Å². The summed E-state index contributed by atoms with van der Waals surface area (Å²) in [6.45, 7) is 1.36. The molecule has 0 aromatic carbocycles. The highest BCUT2D eigenvalue weighted by atomic mass is 16.3. The summed E-state index contributed by atoms with van der Waals surface area (Å²) < 4.78 is 0. The Morgan fingerprint density at radius 2 is 1.83 bits per heavy atom. The first-order valence-electron chi connectivity index (χ1n) is 7.86. The van der Waals surface area contributed by atoms with E-state index >= 15 is 0 Å². The lowest BCUT2D eigenvalue weighted by molar-refractivity contribution is 0.0793. The minimum Gasteiger partial charge on any atom is -0.396 e. The normalized spacial score (nSPS) is 30.4. The van der Waals surface area contributed by atoms with E-state index in [0.717, 1.165) is 6.54 Å². The maximum absolute atomic E-state index is 9.71. The average Bonchev–Trinajstić information content (AvgIpc) is 2.38. The van der Waals surface area contributed by atoms with Crippen LogP contribution >= 0.6 is 0 Å². The maximum Gasteiger partial charge on any atom is 0.0499 e. The number of hydrogen-bond acceptors (Lipinski definition) is 2. The van der Waals surface area contributed by atoms with Crippen molar-refractivity contribution in [2.45, 2.75) is 70.3 Å². The zero-order valence-electron chi connectivity index (χ0n) is 11.7. The molecule has 1 unspecified atom stereocenters. The Morgan fingerprint density at radius 3 is 2.61 bits per heavy atom. The molecule has 0 aliphatic heterocycles. The van der Waals surface area contributed by atoms with Crippen LogP contribution in [0.5, 0.6) is 0 Å². The molecule has 104 valence electrons. The molecule has 1 atom stereocenters. The summed E-state index contributed by atoms with van der Waals surface area (Å²) in [5, 5.41) is 13.4. The van der Waals surface area contributed by atoms with Gasteiger partial charge in [-0.3, -0.25) is 0 Å². The molecule has 0 aromatic rings. The van der Waals surface area contributed by atoms with Crippen molar-refractivity contribution < 1.29 is 5.11 Å². The van der Waals surface area contributed by atoms with E-state index < -0.39 is 0 Å². The van der Waals surface area contributed by atoms with Crippen molar-refractivity contribution in [3.63, 3.8) is 0 Å². The summed E-state index contributed by atoms with van der Waals surface area (Å²) in [5.41, 5.74) is 0.175. The van der Waals surface area contributed by atoms with Gasteiger partial charge in [0.15, 0.2) is 0 Å². The quantitative estimate of drug-likeness (QED) is 0.751. The van der Waals surface area contributed by atoms with Crippen LogP contribution in [0.2, 0.25) is 0 Å². The van der Waals surface area contributed by atoms with Crippen molar-refractivity contribution in [3.05, 3.63) is 12.2 Å². The summed E-state index contributed by atoms with van der Waals surface area (Å²) in [7, 11) is 0. The lowest BCUT2D eigenvalue weighted by atomic mass is 9.74. The van der Waals surface area contributed by atoms with Crippen molar-refractivity contribution in [2.24, 2.45) is 5.41 Å². The van der Waals surface area contributed by atoms with Gasteiger partial charge in [0.05, 0.1) is 0 Å². The third-order valence-corrected chi connectivity index (χ3v) is 4.74. The van der Waals surface area contributed by atoms with Gasteiger partial charge < -0.3 is 10.4 Å². The van der Waals surface area contributed by atoms with Gasteiger partial charge in [-0.1, -0.05) is 44.3 Å². The van der Waals surface area contributed by atoms with E-state index in [9.17, 15) is 5.11 Å². The predicted molar refractivity (Wildman–Crippen MR) is 76.6 cm³/mol. The average molecular weight is 251 g/mol. The highest BCUT2D eigenvalue weighted by Gasteiger charge is 2.31. The highest BCUT2D eigenvalue weighted by Crippen LogP contribution is 2.35. The van der Waals surface area contributed by atoms with Gasteiger partial charge in [-0.2, -0.15) is 0 Å². The molecule has 1 saturated carbocycles. The number of hydrogen-bond donors (Lipinski definition) is 2. The summed E-state index contributed by atoms with van der Waals surface area (Å²) in [6.07, 6.45) is 17.6. The van der Waals surface area contributed by atoms with Gasteiger partial charge in [0.25, 0.3) is 0 Å². The smallest absolute Gasteiger partial charge is 0.0499 e. The first-order chi connectivity index (χ1) is 8.85. The van der Waals surface area contributed by atoms with E-state index in [-0.39, 0.29) is 5.41 Å². The van der Waals surface area contributed by atoms with Crippen molar-refractivity contribution in [1.29, 1.82) is 0 Å². The Balaban J connectivity index is 1.82. The van der Waals surface area contributed by atoms with Gasteiger partial charge in [-0.05, 0) is 32.1 Å². The van der Waals surface area contributed by atoms with Crippen LogP contribution in [0.3, 0.4) is 0 Å². The minimum atomic E-state index is 0.175. The second-order valence-corrected chi connectivity index (χ2v) is 6.27. The summed E-state index contributed by atoms with van der Waals surface area (Å²) in [6, 6.07) is 0.538. The molecule has 2 aliphatic rings. The van der Waals surface area contributed by atoms with Crippen LogP contribution in [0.15, 0.2) is 12.2 Å². The molecule has 0 radical (unpaired) electrons. The molecule has 0 aromatic heterocycles. The van der Waals surface area contributed by atoms with Crippen molar-refractivity contribution in [1.82, 2.24) is 5.32 Å². The zero-order valence-corrected chi connectivity index (χ0v) is 11.7. The Morgan fingerprint density at radius 1 is 1.06 bits per heavy atom. The Bertz CT molecular complexity index is 256. The maximum atomic E-state index is 9.71. The van der Waals surface area contributed by atoms with E-state index in [0.29, 0.717) is 12.6 Å². The first-order valence-corrected chi connectivity index (χ1v) is 7.86. The molecule has 0 spiro atoms. The number of nitrogens with one attached hydrogen (secondary N) is 1. The lowest BCUT2D eigenvalue weighted by Gasteiger charge is -2.37. The SMILES string of the molecule is OCC1(CNC2/C=C/CCCCC2)CCCCC1. The largest absolute Gasteiger partial charge is 0.396 e. The number of aliphatic hydroxyl groups is 1. The van der Waals surface area contributed by atoms with E-state index in [1.54, 1.807) is 0 Å². The van der Waals surface area contributed by atoms with E-state index in [1.165, 1.54) is 64.2 Å². The fourth-order valence-electron chi connectivity index (χ4n) is 3.37. The van der Waals surface area contributed by atoms with Crippen molar-refractivity contribution in [3.8, 4) is 0 Å². The number of allylic oxidation sites excluding steroid dienone is 1. The fourth-order valence-corrected chi connectivity index (χ4v) is 3.37. The van der Waals surface area contributed by atoms with Gasteiger partial charge in [0.2, 0.25) is 0 Å². The zero-order chi connectivity index (χ0) is 12.7. The van der Waals surface area contributed by atoms with Gasteiger partial charge in [0, 0.05) is 24.6 Å².